The van der Waals surface area contributed by atoms with E-state index in [2.05, 4.69) is 4.98 Å². The van der Waals surface area contributed by atoms with Crippen molar-refractivity contribution in [2.24, 2.45) is 0 Å². The molecule has 82 valence electrons. The highest BCUT2D eigenvalue weighted by Crippen LogP contribution is 2.20. The van der Waals surface area contributed by atoms with Crippen LogP contribution in [0.2, 0.25) is 0 Å². The monoisotopic (exact) mass is 236 g/mol. The van der Waals surface area contributed by atoms with Crippen LogP contribution < -0.4 is 0 Å². The Morgan fingerprint density at radius 3 is 2.38 bits per heavy atom. The molecule has 1 unspecified atom stereocenters. The van der Waals surface area contributed by atoms with Crippen LogP contribution in [0.1, 0.15) is 0 Å². The fourth-order valence-corrected chi connectivity index (χ4v) is 1.70. The second-order valence-corrected chi connectivity index (χ2v) is 4.07. The molecular formula is C11H7FNO2S-. The number of nitrogens with zero attached hydrogens (tertiary/aromatic N) is 1. The molecule has 2 aromatic rings. The van der Waals surface area contributed by atoms with E-state index >= 15 is 0 Å². The van der Waals surface area contributed by atoms with Crippen molar-refractivity contribution < 1.29 is 13.2 Å². The van der Waals surface area contributed by atoms with Crippen LogP contribution in [0.5, 0.6) is 0 Å². The van der Waals surface area contributed by atoms with Crippen molar-refractivity contribution in [1.82, 2.24) is 4.98 Å². The molecule has 0 spiro atoms. The van der Waals surface area contributed by atoms with E-state index in [9.17, 15) is 13.2 Å². The molecule has 0 aliphatic carbocycles. The van der Waals surface area contributed by atoms with Gasteiger partial charge in [-0.3, -0.25) is 4.21 Å². The van der Waals surface area contributed by atoms with Gasteiger partial charge in [-0.2, -0.15) is 4.39 Å². The molecule has 1 atom stereocenters. The van der Waals surface area contributed by atoms with Gasteiger partial charge in [-0.05, 0) is 40.4 Å². The molecule has 3 nitrogen and oxygen atoms in total. The fraction of sp³-hybridized carbons (Fsp3) is 0. The van der Waals surface area contributed by atoms with Crippen LogP contribution in [0.4, 0.5) is 4.39 Å². The molecule has 0 amide bonds. The van der Waals surface area contributed by atoms with E-state index in [1.807, 2.05) is 0 Å². The molecule has 0 saturated heterocycles. The van der Waals surface area contributed by atoms with Gasteiger partial charge in [0.05, 0.1) is 0 Å². The first-order valence-corrected chi connectivity index (χ1v) is 5.55. The van der Waals surface area contributed by atoms with Crippen LogP contribution >= 0.6 is 0 Å². The number of halogens is 1. The largest absolute Gasteiger partial charge is 0.768 e. The predicted octanol–water partition coefficient (Wildman–Crippen LogP) is 2.13. The standard InChI is InChI=1S/C11H8FNO2S/c12-11-7-9(5-6-13-11)8-1-3-10(4-2-8)16(14)15/h1-7H,(H,14,15)/p-1. The average molecular weight is 236 g/mol. The van der Waals surface area contributed by atoms with Gasteiger partial charge in [0.1, 0.15) is 0 Å². The van der Waals surface area contributed by atoms with Gasteiger partial charge < -0.3 is 4.55 Å². The molecule has 2 rings (SSSR count). The molecule has 5 heteroatoms. The first kappa shape index (κ1) is 10.9. The average Bonchev–Trinajstić information content (AvgIpc) is 2.29. The lowest BCUT2D eigenvalue weighted by Gasteiger charge is -2.06. The van der Waals surface area contributed by atoms with Crippen LogP contribution in [0.25, 0.3) is 11.1 Å². The van der Waals surface area contributed by atoms with E-state index in [1.165, 1.54) is 24.4 Å². The van der Waals surface area contributed by atoms with Gasteiger partial charge in [-0.15, -0.1) is 0 Å². The van der Waals surface area contributed by atoms with Gasteiger partial charge in [0.2, 0.25) is 5.95 Å². The first-order valence-electron chi connectivity index (χ1n) is 4.48. The molecule has 1 heterocycles. The Balaban J connectivity index is 2.38. The van der Waals surface area contributed by atoms with Crippen LogP contribution in [-0.4, -0.2) is 13.7 Å². The van der Waals surface area contributed by atoms with E-state index in [0.717, 1.165) is 5.56 Å². The number of rotatable bonds is 2. The Labute approximate surface area is 94.3 Å². The van der Waals surface area contributed by atoms with Gasteiger partial charge in [0.25, 0.3) is 0 Å². The highest BCUT2D eigenvalue weighted by atomic mass is 32.2. The number of hydrogen-bond donors (Lipinski definition) is 0. The van der Waals surface area contributed by atoms with Crippen molar-refractivity contribution >= 4 is 11.1 Å². The molecule has 1 aromatic carbocycles. The summed E-state index contributed by atoms with van der Waals surface area (Å²) in [6.07, 6.45) is 1.37. The Kier molecular flexibility index (Phi) is 3.07. The normalized spacial score (nSPS) is 12.4. The van der Waals surface area contributed by atoms with Gasteiger partial charge in [0.15, 0.2) is 0 Å². The lowest BCUT2D eigenvalue weighted by Crippen LogP contribution is -1.88. The van der Waals surface area contributed by atoms with Crippen molar-refractivity contribution in [3.8, 4) is 11.1 Å². The van der Waals surface area contributed by atoms with Crippen molar-refractivity contribution in [1.29, 1.82) is 0 Å². The van der Waals surface area contributed by atoms with Crippen LogP contribution in [0.15, 0.2) is 47.5 Å². The third-order valence-electron chi connectivity index (χ3n) is 2.11. The Morgan fingerprint density at radius 2 is 1.81 bits per heavy atom. The zero-order valence-electron chi connectivity index (χ0n) is 8.09. The van der Waals surface area contributed by atoms with Crippen LogP contribution in [0, 0.1) is 5.95 Å². The summed E-state index contributed by atoms with van der Waals surface area (Å²) in [5.41, 5.74) is 1.41. The van der Waals surface area contributed by atoms with Crippen molar-refractivity contribution in [3.05, 3.63) is 48.5 Å². The predicted molar refractivity (Wildman–Crippen MR) is 56.8 cm³/mol. The summed E-state index contributed by atoms with van der Waals surface area (Å²) in [7, 11) is 0. The van der Waals surface area contributed by atoms with Crippen molar-refractivity contribution in [2.45, 2.75) is 4.90 Å². The maximum absolute atomic E-state index is 12.9. The van der Waals surface area contributed by atoms with Gasteiger partial charge >= 0.3 is 0 Å². The van der Waals surface area contributed by atoms with E-state index in [0.29, 0.717) is 5.56 Å². The lowest BCUT2D eigenvalue weighted by atomic mass is 10.1. The number of hydrogen-bond acceptors (Lipinski definition) is 3. The molecule has 16 heavy (non-hydrogen) atoms. The molecule has 0 N–H and O–H groups in total. The topological polar surface area (TPSA) is 53.0 Å². The molecule has 0 aliphatic heterocycles. The zero-order valence-corrected chi connectivity index (χ0v) is 8.91. The van der Waals surface area contributed by atoms with Crippen LogP contribution in [-0.2, 0) is 11.1 Å². The van der Waals surface area contributed by atoms with Gasteiger partial charge in [-0.25, -0.2) is 4.98 Å². The Morgan fingerprint density at radius 1 is 1.12 bits per heavy atom. The van der Waals surface area contributed by atoms with Gasteiger partial charge in [-0.1, -0.05) is 12.1 Å². The Bertz CT molecular complexity index is 528. The quantitative estimate of drug-likeness (QED) is 0.593. The molecule has 1 aromatic heterocycles. The summed E-state index contributed by atoms with van der Waals surface area (Å²) >= 11 is -2.23. The number of pyridine rings is 1. The second-order valence-electron chi connectivity index (χ2n) is 3.13. The molecular weight excluding hydrogens is 229 g/mol. The highest BCUT2D eigenvalue weighted by molar-refractivity contribution is 7.79. The second kappa shape index (κ2) is 4.51. The zero-order chi connectivity index (χ0) is 11.5. The minimum atomic E-state index is -2.23. The third kappa shape index (κ3) is 2.32. The molecule has 0 saturated carbocycles. The van der Waals surface area contributed by atoms with Crippen LogP contribution in [0.3, 0.4) is 0 Å². The van der Waals surface area contributed by atoms with E-state index in [4.69, 9.17) is 0 Å². The number of aromatic nitrogens is 1. The summed E-state index contributed by atoms with van der Waals surface area (Å²) in [5, 5.41) is 0. The third-order valence-corrected chi connectivity index (χ3v) is 2.76. The SMILES string of the molecule is O=S([O-])c1ccc(-c2ccnc(F)c2)cc1. The van der Waals surface area contributed by atoms with E-state index < -0.39 is 17.0 Å². The lowest BCUT2D eigenvalue weighted by molar-refractivity contribution is 0.537. The summed E-state index contributed by atoms with van der Waals surface area (Å²) in [6, 6.07) is 9.14. The fourth-order valence-electron chi connectivity index (χ4n) is 1.34. The molecule has 0 bridgehead atoms. The highest BCUT2D eigenvalue weighted by Gasteiger charge is 2.00. The van der Waals surface area contributed by atoms with E-state index in [-0.39, 0.29) is 4.90 Å². The summed E-state index contributed by atoms with van der Waals surface area (Å²) in [4.78, 5) is 3.65. The summed E-state index contributed by atoms with van der Waals surface area (Å²) in [6.45, 7) is 0. The van der Waals surface area contributed by atoms with Crippen molar-refractivity contribution in [2.75, 3.05) is 0 Å². The number of benzene rings is 1. The van der Waals surface area contributed by atoms with Crippen molar-refractivity contribution in [3.63, 3.8) is 0 Å². The van der Waals surface area contributed by atoms with E-state index in [1.54, 1.807) is 18.2 Å². The smallest absolute Gasteiger partial charge is 0.213 e. The minimum Gasteiger partial charge on any atom is -0.768 e. The summed E-state index contributed by atoms with van der Waals surface area (Å²) < 4.78 is 34.1. The molecule has 0 aliphatic rings. The molecule has 0 radical (unpaired) electrons. The maximum atomic E-state index is 12.9. The van der Waals surface area contributed by atoms with Gasteiger partial charge in [0, 0.05) is 17.2 Å². The summed E-state index contributed by atoms with van der Waals surface area (Å²) in [5.74, 6) is -0.561. The Hall–Kier alpha value is -1.59. The minimum absolute atomic E-state index is 0.207. The maximum Gasteiger partial charge on any atom is 0.213 e. The molecule has 0 fully saturated rings. The first-order chi connectivity index (χ1) is 7.66.